The molecule has 0 radical (unpaired) electrons. The minimum absolute atomic E-state index is 0.110. The Kier molecular flexibility index (Phi) is 6.31. The third-order valence-electron chi connectivity index (χ3n) is 4.02. The first-order valence-electron chi connectivity index (χ1n) is 7.90. The largest absolute Gasteiger partial charge is 0.339 e. The average Bonchev–Trinajstić information content (AvgIpc) is 2.52. The Hall–Kier alpha value is -1.26. The third-order valence-corrected chi connectivity index (χ3v) is 4.56. The lowest BCUT2D eigenvalue weighted by molar-refractivity contribution is -0.132. The summed E-state index contributed by atoms with van der Waals surface area (Å²) in [6.07, 6.45) is 1.48. The maximum absolute atomic E-state index is 12.5. The van der Waals surface area contributed by atoms with Gasteiger partial charge in [0.1, 0.15) is 0 Å². The predicted molar refractivity (Wildman–Crippen MR) is 93.0 cm³/mol. The van der Waals surface area contributed by atoms with E-state index >= 15 is 0 Å². The van der Waals surface area contributed by atoms with Crippen molar-refractivity contribution in [1.29, 1.82) is 0 Å². The lowest BCUT2D eigenvalue weighted by Gasteiger charge is -2.35. The second kappa shape index (κ2) is 8.02. The van der Waals surface area contributed by atoms with Crippen LogP contribution in [0.2, 0.25) is 10.0 Å². The number of halogens is 2. The van der Waals surface area contributed by atoms with E-state index in [9.17, 15) is 9.59 Å². The molecular formula is C17H22Cl2N2O2. The van der Waals surface area contributed by atoms with Gasteiger partial charge in [0.2, 0.25) is 5.91 Å². The summed E-state index contributed by atoms with van der Waals surface area (Å²) in [5.74, 6) is 0.588. The normalized spacial score (nSPS) is 15.2. The Morgan fingerprint density at radius 3 is 2.26 bits per heavy atom. The molecule has 1 aliphatic rings. The van der Waals surface area contributed by atoms with Crippen molar-refractivity contribution in [2.75, 3.05) is 26.2 Å². The van der Waals surface area contributed by atoms with Gasteiger partial charge in [-0.3, -0.25) is 9.59 Å². The van der Waals surface area contributed by atoms with Crippen LogP contribution in [0.1, 0.15) is 37.0 Å². The smallest absolute Gasteiger partial charge is 0.255 e. The van der Waals surface area contributed by atoms with Crippen molar-refractivity contribution < 1.29 is 9.59 Å². The molecule has 1 saturated heterocycles. The van der Waals surface area contributed by atoms with E-state index in [-0.39, 0.29) is 11.8 Å². The van der Waals surface area contributed by atoms with Gasteiger partial charge >= 0.3 is 0 Å². The van der Waals surface area contributed by atoms with E-state index in [0.717, 1.165) is 6.42 Å². The Morgan fingerprint density at radius 2 is 1.70 bits per heavy atom. The van der Waals surface area contributed by atoms with Crippen LogP contribution in [0.25, 0.3) is 0 Å². The van der Waals surface area contributed by atoms with E-state index < -0.39 is 0 Å². The average molecular weight is 357 g/mol. The second-order valence-corrected chi connectivity index (χ2v) is 7.07. The van der Waals surface area contributed by atoms with Crippen LogP contribution in [0.5, 0.6) is 0 Å². The van der Waals surface area contributed by atoms with Crippen LogP contribution in [0.4, 0.5) is 0 Å². The van der Waals surface area contributed by atoms with Crippen molar-refractivity contribution in [3.05, 3.63) is 33.8 Å². The van der Waals surface area contributed by atoms with Crippen LogP contribution in [0, 0.1) is 5.92 Å². The molecule has 0 unspecified atom stereocenters. The second-order valence-electron chi connectivity index (χ2n) is 6.23. The number of rotatable bonds is 4. The Bertz CT molecular complexity index is 582. The van der Waals surface area contributed by atoms with Gasteiger partial charge in [0.05, 0.1) is 10.6 Å². The fourth-order valence-electron chi connectivity index (χ4n) is 2.56. The summed E-state index contributed by atoms with van der Waals surface area (Å²) < 4.78 is 0. The summed E-state index contributed by atoms with van der Waals surface area (Å²) >= 11 is 12.0. The Morgan fingerprint density at radius 1 is 1.09 bits per heavy atom. The molecule has 0 N–H and O–H groups in total. The number of nitrogens with zero attached hydrogens (tertiary/aromatic N) is 2. The van der Waals surface area contributed by atoms with Crippen LogP contribution in [0.15, 0.2) is 18.2 Å². The molecule has 1 heterocycles. The number of carbonyl (C=O) groups excluding carboxylic acids is 2. The first-order chi connectivity index (χ1) is 10.9. The minimum Gasteiger partial charge on any atom is -0.339 e. The minimum atomic E-state index is -0.110. The molecule has 1 aromatic carbocycles. The van der Waals surface area contributed by atoms with Crippen LogP contribution in [-0.4, -0.2) is 47.8 Å². The summed E-state index contributed by atoms with van der Waals surface area (Å²) in [5, 5.41) is 0.866. The van der Waals surface area contributed by atoms with Crippen molar-refractivity contribution in [3.8, 4) is 0 Å². The molecule has 0 saturated carbocycles. The molecule has 1 fully saturated rings. The molecule has 2 rings (SSSR count). The molecule has 126 valence electrons. The SMILES string of the molecule is CC(C)CCC(=O)N1CCN(C(=O)c2ccc(Cl)cc2Cl)CC1. The highest BCUT2D eigenvalue weighted by Gasteiger charge is 2.25. The highest BCUT2D eigenvalue weighted by atomic mass is 35.5. The number of hydrogen-bond acceptors (Lipinski definition) is 2. The summed E-state index contributed by atoms with van der Waals surface area (Å²) in [5.41, 5.74) is 0.454. The summed E-state index contributed by atoms with van der Waals surface area (Å²) in [7, 11) is 0. The van der Waals surface area contributed by atoms with Gasteiger partial charge in [-0.05, 0) is 30.5 Å². The van der Waals surface area contributed by atoms with Gasteiger partial charge in [-0.25, -0.2) is 0 Å². The Labute approximate surface area is 147 Å². The lowest BCUT2D eigenvalue weighted by Crippen LogP contribution is -2.50. The highest BCUT2D eigenvalue weighted by Crippen LogP contribution is 2.23. The van der Waals surface area contributed by atoms with Crippen LogP contribution in [0.3, 0.4) is 0 Å². The quantitative estimate of drug-likeness (QED) is 0.824. The van der Waals surface area contributed by atoms with Gasteiger partial charge in [-0.15, -0.1) is 0 Å². The van der Waals surface area contributed by atoms with Gasteiger partial charge < -0.3 is 9.80 Å². The van der Waals surface area contributed by atoms with E-state index in [1.165, 1.54) is 0 Å². The zero-order chi connectivity index (χ0) is 17.0. The highest BCUT2D eigenvalue weighted by molar-refractivity contribution is 6.36. The molecule has 23 heavy (non-hydrogen) atoms. The fraction of sp³-hybridized carbons (Fsp3) is 0.529. The van der Waals surface area contributed by atoms with Gasteiger partial charge in [-0.1, -0.05) is 37.0 Å². The summed E-state index contributed by atoms with van der Waals surface area (Å²) in [6, 6.07) is 4.88. The van der Waals surface area contributed by atoms with Crippen molar-refractivity contribution >= 4 is 35.0 Å². The van der Waals surface area contributed by atoms with Gasteiger partial charge in [0, 0.05) is 37.6 Å². The molecule has 6 heteroatoms. The first-order valence-corrected chi connectivity index (χ1v) is 8.66. The number of carbonyl (C=O) groups is 2. The number of piperazine rings is 1. The van der Waals surface area contributed by atoms with Gasteiger partial charge in [0.15, 0.2) is 0 Å². The third kappa shape index (κ3) is 4.85. The first kappa shape index (κ1) is 18.1. The summed E-state index contributed by atoms with van der Waals surface area (Å²) in [6.45, 7) is 6.44. The monoisotopic (exact) mass is 356 g/mol. The molecule has 1 aromatic rings. The van der Waals surface area contributed by atoms with Crippen LogP contribution in [-0.2, 0) is 4.79 Å². The zero-order valence-electron chi connectivity index (χ0n) is 13.5. The fourth-order valence-corrected chi connectivity index (χ4v) is 3.05. The molecule has 0 aliphatic carbocycles. The van der Waals surface area contributed by atoms with E-state index in [2.05, 4.69) is 13.8 Å². The molecule has 0 atom stereocenters. The van der Waals surface area contributed by atoms with Crippen LogP contribution >= 0.6 is 23.2 Å². The maximum atomic E-state index is 12.5. The van der Waals surface area contributed by atoms with E-state index in [0.29, 0.717) is 54.1 Å². The maximum Gasteiger partial charge on any atom is 0.255 e. The van der Waals surface area contributed by atoms with Gasteiger partial charge in [0.25, 0.3) is 5.91 Å². The van der Waals surface area contributed by atoms with E-state index in [1.807, 2.05) is 4.90 Å². The van der Waals surface area contributed by atoms with Crippen molar-refractivity contribution in [2.45, 2.75) is 26.7 Å². The van der Waals surface area contributed by atoms with Crippen LogP contribution < -0.4 is 0 Å². The molecule has 0 bridgehead atoms. The zero-order valence-corrected chi connectivity index (χ0v) is 15.0. The van der Waals surface area contributed by atoms with Crippen molar-refractivity contribution in [1.82, 2.24) is 9.80 Å². The summed E-state index contributed by atoms with van der Waals surface area (Å²) in [4.78, 5) is 28.2. The number of benzene rings is 1. The molecular weight excluding hydrogens is 335 g/mol. The Balaban J connectivity index is 1.91. The molecule has 1 aliphatic heterocycles. The van der Waals surface area contributed by atoms with E-state index in [4.69, 9.17) is 23.2 Å². The molecule has 0 spiro atoms. The van der Waals surface area contributed by atoms with Gasteiger partial charge in [-0.2, -0.15) is 0 Å². The molecule has 4 nitrogen and oxygen atoms in total. The lowest BCUT2D eigenvalue weighted by atomic mass is 10.1. The predicted octanol–water partition coefficient (Wildman–Crippen LogP) is 3.71. The van der Waals surface area contributed by atoms with Crippen molar-refractivity contribution in [2.24, 2.45) is 5.92 Å². The van der Waals surface area contributed by atoms with E-state index in [1.54, 1.807) is 23.1 Å². The standard InChI is InChI=1S/C17H22Cl2N2O2/c1-12(2)3-6-16(22)20-7-9-21(10-8-20)17(23)14-5-4-13(18)11-15(14)19/h4-5,11-12H,3,6-10H2,1-2H3. The number of amides is 2. The van der Waals surface area contributed by atoms with Crippen molar-refractivity contribution in [3.63, 3.8) is 0 Å². The topological polar surface area (TPSA) is 40.6 Å². The number of hydrogen-bond donors (Lipinski definition) is 0. The molecule has 2 amide bonds. The molecule has 0 aromatic heterocycles.